The minimum absolute atomic E-state index is 0.173. The minimum Gasteiger partial charge on any atom is -0.280 e. The summed E-state index contributed by atoms with van der Waals surface area (Å²) in [6.07, 6.45) is 1.24. The van der Waals surface area contributed by atoms with Gasteiger partial charge in [-0.15, -0.1) is 6.58 Å². The number of halogens is 2. The van der Waals surface area contributed by atoms with Crippen molar-refractivity contribution in [2.45, 2.75) is 0 Å². The Morgan fingerprint density at radius 1 is 1.80 bits per heavy atom. The predicted molar refractivity (Wildman–Crippen MR) is 32.9 cm³/mol. The topological polar surface area (TPSA) is 44.8 Å². The van der Waals surface area contributed by atoms with Gasteiger partial charge in [0.2, 0.25) is 0 Å². The number of hydrogen-bond acceptors (Lipinski definition) is 4. The normalized spacial score (nSPS) is 16.2. The highest BCUT2D eigenvalue weighted by atomic mass is 35.5. The molecule has 60 valence electrons. The molecule has 0 aliphatic heterocycles. The molecule has 0 saturated carbocycles. The summed E-state index contributed by atoms with van der Waals surface area (Å²) in [5.41, 5.74) is 0. The van der Waals surface area contributed by atoms with Crippen molar-refractivity contribution in [3.63, 3.8) is 0 Å². The van der Waals surface area contributed by atoms with Crippen LogP contribution in [0.25, 0.3) is 0 Å². The van der Waals surface area contributed by atoms with Crippen LogP contribution < -0.4 is 0 Å². The van der Waals surface area contributed by atoms with E-state index in [9.17, 15) is 9.09 Å². The van der Waals surface area contributed by atoms with Gasteiger partial charge in [0.05, 0.1) is 18.5 Å². The second-order valence-electron chi connectivity index (χ2n) is 1.17. The lowest BCUT2D eigenvalue weighted by Gasteiger charge is -2.04. The van der Waals surface area contributed by atoms with E-state index in [4.69, 9.17) is 0 Å². The summed E-state index contributed by atoms with van der Waals surface area (Å²) < 4.78 is 32.3. The van der Waals surface area contributed by atoms with Crippen molar-refractivity contribution < 1.29 is 22.4 Å². The molecule has 0 N–H and O–H groups in total. The molecule has 4 nitrogen and oxygen atoms in total. The summed E-state index contributed by atoms with van der Waals surface area (Å²) in [4.78, 5) is 0. The Kier molecular flexibility index (Phi) is 4.85. The van der Waals surface area contributed by atoms with Gasteiger partial charge in [0.1, 0.15) is 0 Å². The van der Waals surface area contributed by atoms with Gasteiger partial charge in [-0.25, -0.2) is 4.57 Å². The highest BCUT2D eigenvalue weighted by Crippen LogP contribution is 2.50. The first-order valence-electron chi connectivity index (χ1n) is 2.14. The largest absolute Gasteiger partial charge is 0.522 e. The molecule has 0 amide bonds. The standard InChI is InChI=1S/C3H5ClFO4P/c1-2-3-7-10(6,8-4)9-5/h2H,1,3H2. The predicted octanol–water partition coefficient (Wildman–Crippen LogP) is 2.37. The number of hydrogen-bond donors (Lipinski definition) is 0. The van der Waals surface area contributed by atoms with E-state index < -0.39 is 7.82 Å². The summed E-state index contributed by atoms with van der Waals surface area (Å²) in [5, 5.41) is 0. The molecule has 0 rings (SSSR count). The van der Waals surface area contributed by atoms with E-state index in [2.05, 4.69) is 31.8 Å². The first kappa shape index (κ1) is 10.1. The molecule has 1 atom stereocenters. The first-order chi connectivity index (χ1) is 4.68. The fourth-order valence-electron chi connectivity index (χ4n) is 0.194. The van der Waals surface area contributed by atoms with Crippen molar-refractivity contribution in [3.05, 3.63) is 12.7 Å². The van der Waals surface area contributed by atoms with Crippen molar-refractivity contribution in [1.82, 2.24) is 0 Å². The van der Waals surface area contributed by atoms with E-state index in [0.717, 1.165) is 0 Å². The maximum atomic E-state index is 11.2. The van der Waals surface area contributed by atoms with E-state index in [1.54, 1.807) is 0 Å². The number of rotatable bonds is 5. The summed E-state index contributed by atoms with van der Waals surface area (Å²) in [6.45, 7) is 3.04. The van der Waals surface area contributed by atoms with Crippen LogP contribution in [0.15, 0.2) is 12.7 Å². The summed E-state index contributed by atoms with van der Waals surface area (Å²) in [6, 6.07) is 0. The lowest BCUT2D eigenvalue weighted by atomic mass is 10.7. The van der Waals surface area contributed by atoms with Gasteiger partial charge in [-0.05, 0) is 4.53 Å². The third-order valence-electron chi connectivity index (χ3n) is 0.520. The van der Waals surface area contributed by atoms with Gasteiger partial charge in [-0.1, -0.05) is 10.8 Å². The van der Waals surface area contributed by atoms with Crippen LogP contribution in [0.1, 0.15) is 0 Å². The molecular formula is C3H5ClFO4P. The van der Waals surface area contributed by atoms with Crippen molar-refractivity contribution in [2.24, 2.45) is 0 Å². The zero-order valence-corrected chi connectivity index (χ0v) is 6.48. The average Bonchev–Trinajstić information content (AvgIpc) is 2.00. The minimum atomic E-state index is -4.17. The Bertz CT molecular complexity index is 143. The summed E-state index contributed by atoms with van der Waals surface area (Å²) >= 11 is 4.56. The van der Waals surface area contributed by atoms with Crippen LogP contribution in [0.3, 0.4) is 0 Å². The summed E-state index contributed by atoms with van der Waals surface area (Å²) in [7, 11) is -4.17. The third kappa shape index (κ3) is 3.29. The first-order valence-corrected chi connectivity index (χ1v) is 3.91. The smallest absolute Gasteiger partial charge is 0.280 e. The molecule has 0 fully saturated rings. The highest BCUT2D eigenvalue weighted by Gasteiger charge is 2.27. The average molecular weight is 190 g/mol. The van der Waals surface area contributed by atoms with Crippen molar-refractivity contribution in [3.8, 4) is 0 Å². The molecule has 0 heterocycles. The van der Waals surface area contributed by atoms with Gasteiger partial charge in [-0.3, -0.25) is 4.52 Å². The highest BCUT2D eigenvalue weighted by molar-refractivity contribution is 7.49. The Balaban J connectivity index is 3.81. The maximum absolute atomic E-state index is 11.2. The third-order valence-corrected chi connectivity index (χ3v) is 1.83. The lowest BCUT2D eigenvalue weighted by molar-refractivity contribution is -0.0424. The molecule has 0 saturated heterocycles. The summed E-state index contributed by atoms with van der Waals surface area (Å²) in [5.74, 6) is 0. The molecule has 0 radical (unpaired) electrons. The van der Waals surface area contributed by atoms with E-state index in [1.807, 2.05) is 0 Å². The van der Waals surface area contributed by atoms with Crippen LogP contribution in [0.4, 0.5) is 4.53 Å². The van der Waals surface area contributed by atoms with Crippen molar-refractivity contribution in [2.75, 3.05) is 6.61 Å². The fourth-order valence-corrected chi connectivity index (χ4v) is 0.767. The zero-order chi connectivity index (χ0) is 8.04. The van der Waals surface area contributed by atoms with Crippen LogP contribution in [-0.4, -0.2) is 6.61 Å². The van der Waals surface area contributed by atoms with E-state index in [1.165, 1.54) is 6.08 Å². The van der Waals surface area contributed by atoms with Crippen molar-refractivity contribution in [1.29, 1.82) is 0 Å². The Morgan fingerprint density at radius 2 is 2.40 bits per heavy atom. The second-order valence-corrected chi connectivity index (χ2v) is 3.01. The molecule has 0 bridgehead atoms. The Hall–Kier alpha value is 0.0700. The molecule has 0 aromatic heterocycles. The van der Waals surface area contributed by atoms with Gasteiger partial charge >= 0.3 is 7.82 Å². The van der Waals surface area contributed by atoms with Gasteiger partial charge in [0.25, 0.3) is 0 Å². The maximum Gasteiger partial charge on any atom is 0.522 e. The zero-order valence-electron chi connectivity index (χ0n) is 4.83. The van der Waals surface area contributed by atoms with Crippen LogP contribution in [0.5, 0.6) is 0 Å². The van der Waals surface area contributed by atoms with Crippen LogP contribution in [-0.2, 0) is 17.9 Å². The molecule has 7 heteroatoms. The molecule has 0 aliphatic carbocycles. The Morgan fingerprint density at radius 3 is 2.70 bits per heavy atom. The molecular weight excluding hydrogens is 185 g/mol. The SMILES string of the molecule is C=CCOP(=O)(OF)OCl. The quantitative estimate of drug-likeness (QED) is 0.493. The number of phosphoric acid groups is 1. The molecule has 0 aromatic rings. The van der Waals surface area contributed by atoms with E-state index in [0.29, 0.717) is 0 Å². The van der Waals surface area contributed by atoms with E-state index in [-0.39, 0.29) is 6.61 Å². The van der Waals surface area contributed by atoms with Gasteiger partial charge in [-0.2, -0.15) is 4.08 Å². The fraction of sp³-hybridized carbons (Fsp3) is 0.333. The van der Waals surface area contributed by atoms with Crippen LogP contribution >= 0.6 is 19.7 Å². The van der Waals surface area contributed by atoms with Crippen molar-refractivity contribution >= 4 is 19.7 Å². The lowest BCUT2D eigenvalue weighted by Crippen LogP contribution is -1.89. The van der Waals surface area contributed by atoms with Crippen LogP contribution in [0.2, 0.25) is 0 Å². The Labute approximate surface area is 62.2 Å². The monoisotopic (exact) mass is 190 g/mol. The van der Waals surface area contributed by atoms with E-state index >= 15 is 0 Å². The second kappa shape index (κ2) is 4.82. The van der Waals surface area contributed by atoms with Crippen LogP contribution in [0, 0.1) is 0 Å². The molecule has 0 aromatic carbocycles. The van der Waals surface area contributed by atoms with Gasteiger partial charge in [0, 0.05) is 0 Å². The molecule has 10 heavy (non-hydrogen) atoms. The van der Waals surface area contributed by atoms with Gasteiger partial charge in [0.15, 0.2) is 0 Å². The molecule has 0 spiro atoms. The molecule has 0 aliphatic rings. The van der Waals surface area contributed by atoms with Gasteiger partial charge < -0.3 is 0 Å². The molecule has 1 unspecified atom stereocenters.